The minimum Gasteiger partial charge on any atom is -0.480 e. The van der Waals surface area contributed by atoms with Crippen LogP contribution < -0.4 is 4.72 Å². The zero-order valence-electron chi connectivity index (χ0n) is 13.4. The lowest BCUT2D eigenvalue weighted by Crippen LogP contribution is -2.54. The van der Waals surface area contributed by atoms with Crippen LogP contribution in [0.25, 0.3) is 0 Å². The number of carboxylic acids is 1. The van der Waals surface area contributed by atoms with Crippen molar-refractivity contribution >= 4 is 33.3 Å². The molecule has 0 amide bonds. The van der Waals surface area contributed by atoms with E-state index in [0.29, 0.717) is 19.4 Å². The van der Waals surface area contributed by atoms with E-state index in [1.165, 1.54) is 18.6 Å². The molecule has 0 radical (unpaired) electrons. The Hall–Kier alpha value is -1.49. The lowest BCUT2D eigenvalue weighted by molar-refractivity contribution is -0.139. The van der Waals surface area contributed by atoms with Gasteiger partial charge < -0.3 is 9.84 Å². The first-order chi connectivity index (χ1) is 11.3. The zero-order chi connectivity index (χ0) is 17.9. The molecule has 8 nitrogen and oxygen atoms in total. The van der Waals surface area contributed by atoms with Crippen LogP contribution in [0.3, 0.4) is 0 Å². The van der Waals surface area contributed by atoms with E-state index in [0.717, 1.165) is 11.3 Å². The monoisotopic (exact) mass is 376 g/mol. The molecule has 0 aromatic carbocycles. The van der Waals surface area contributed by atoms with Crippen molar-refractivity contribution in [2.45, 2.75) is 36.1 Å². The van der Waals surface area contributed by atoms with Gasteiger partial charge in [0, 0.05) is 17.5 Å². The standard InChI is InChI=1S/C14H20N2O6S2/c1-3-16(7-12(17)18)11-5-10(6-11)15-24(20,21)13-4-9(8-23-13)14(19)22-2/h4,8,10-11,15H,3,5-7H2,1-2H3,(H,17,18). The van der Waals surface area contributed by atoms with E-state index in [1.807, 2.05) is 11.8 Å². The molecule has 0 aliphatic heterocycles. The fourth-order valence-corrected chi connectivity index (χ4v) is 5.04. The molecule has 0 spiro atoms. The second-order valence-corrected chi connectivity index (χ2v) is 8.40. The lowest BCUT2D eigenvalue weighted by Gasteiger charge is -2.41. The van der Waals surface area contributed by atoms with E-state index in [9.17, 15) is 18.0 Å². The number of hydrogen-bond donors (Lipinski definition) is 2. The van der Waals surface area contributed by atoms with Gasteiger partial charge in [-0.15, -0.1) is 11.3 Å². The number of esters is 1. The average molecular weight is 376 g/mol. The zero-order valence-corrected chi connectivity index (χ0v) is 15.0. The molecule has 1 aromatic heterocycles. The van der Waals surface area contributed by atoms with Gasteiger partial charge in [-0.3, -0.25) is 9.69 Å². The first-order valence-corrected chi connectivity index (χ1v) is 9.78. The molecule has 1 aliphatic rings. The average Bonchev–Trinajstić information content (AvgIpc) is 2.98. The number of likely N-dealkylation sites (N-methyl/N-ethyl adjacent to an activating group) is 1. The topological polar surface area (TPSA) is 113 Å². The Morgan fingerprint density at radius 2 is 2.12 bits per heavy atom. The molecule has 2 rings (SSSR count). The third-order valence-corrected chi connectivity index (χ3v) is 6.92. The molecule has 0 atom stereocenters. The number of rotatable bonds is 8. The summed E-state index contributed by atoms with van der Waals surface area (Å²) in [4.78, 5) is 24.0. The molecule has 1 aliphatic carbocycles. The number of nitrogens with one attached hydrogen (secondary N) is 1. The van der Waals surface area contributed by atoms with Gasteiger partial charge in [0.2, 0.25) is 10.0 Å². The molecule has 134 valence electrons. The SMILES string of the molecule is CCN(CC(=O)O)C1CC(NS(=O)(=O)c2cc(C(=O)OC)cs2)C1. The lowest BCUT2D eigenvalue weighted by atomic mass is 9.86. The van der Waals surface area contributed by atoms with Gasteiger partial charge in [0.25, 0.3) is 0 Å². The maximum atomic E-state index is 12.3. The van der Waals surface area contributed by atoms with Gasteiger partial charge >= 0.3 is 11.9 Å². The van der Waals surface area contributed by atoms with Crippen molar-refractivity contribution in [3.8, 4) is 0 Å². The molecule has 0 bridgehead atoms. The van der Waals surface area contributed by atoms with Gasteiger partial charge in [0.05, 0.1) is 19.2 Å². The minimum atomic E-state index is -3.69. The molecular formula is C14H20N2O6S2. The van der Waals surface area contributed by atoms with Crippen molar-refractivity contribution < 1.29 is 27.9 Å². The predicted octanol–water partition coefficient (Wildman–Crippen LogP) is 0.751. The maximum Gasteiger partial charge on any atom is 0.338 e. The highest BCUT2D eigenvalue weighted by atomic mass is 32.2. The fraction of sp³-hybridized carbons (Fsp3) is 0.571. The fourth-order valence-electron chi connectivity index (χ4n) is 2.61. The summed E-state index contributed by atoms with van der Waals surface area (Å²) in [5.41, 5.74) is 0.202. The molecule has 24 heavy (non-hydrogen) atoms. The number of carbonyl (C=O) groups excluding carboxylic acids is 1. The number of thiophene rings is 1. The number of carboxylic acid groups (broad SMARTS) is 1. The van der Waals surface area contributed by atoms with Gasteiger partial charge in [0.1, 0.15) is 4.21 Å². The molecule has 1 heterocycles. The van der Waals surface area contributed by atoms with Gasteiger partial charge in [-0.2, -0.15) is 0 Å². The highest BCUT2D eigenvalue weighted by Crippen LogP contribution is 2.28. The van der Waals surface area contributed by atoms with E-state index in [4.69, 9.17) is 5.11 Å². The van der Waals surface area contributed by atoms with Crippen molar-refractivity contribution in [2.75, 3.05) is 20.2 Å². The van der Waals surface area contributed by atoms with Gasteiger partial charge in [-0.05, 0) is 25.5 Å². The van der Waals surface area contributed by atoms with Gasteiger partial charge in [-0.1, -0.05) is 6.92 Å². The van der Waals surface area contributed by atoms with Crippen LogP contribution in [0.1, 0.15) is 30.1 Å². The molecule has 2 N–H and O–H groups in total. The smallest absolute Gasteiger partial charge is 0.338 e. The second-order valence-electron chi connectivity index (χ2n) is 5.55. The Balaban J connectivity index is 1.93. The highest BCUT2D eigenvalue weighted by Gasteiger charge is 2.36. The van der Waals surface area contributed by atoms with Gasteiger partial charge in [-0.25, -0.2) is 17.9 Å². The molecule has 1 aromatic rings. The number of ether oxygens (including phenoxy) is 1. The van der Waals surface area contributed by atoms with Crippen molar-refractivity contribution in [1.82, 2.24) is 9.62 Å². The number of nitrogens with zero attached hydrogens (tertiary/aromatic N) is 1. The Labute approximate surface area is 144 Å². The highest BCUT2D eigenvalue weighted by molar-refractivity contribution is 7.91. The first-order valence-electron chi connectivity index (χ1n) is 7.41. The van der Waals surface area contributed by atoms with Crippen LogP contribution in [-0.4, -0.2) is 62.6 Å². The van der Waals surface area contributed by atoms with E-state index in [2.05, 4.69) is 9.46 Å². The van der Waals surface area contributed by atoms with E-state index in [-0.39, 0.29) is 28.4 Å². The Bertz CT molecular complexity index is 709. The summed E-state index contributed by atoms with van der Waals surface area (Å²) in [6.45, 7) is 2.43. The summed E-state index contributed by atoms with van der Waals surface area (Å²) in [6.07, 6.45) is 1.13. The normalized spacial score (nSPS) is 20.6. The van der Waals surface area contributed by atoms with Crippen molar-refractivity contribution in [3.63, 3.8) is 0 Å². The number of aliphatic carboxylic acids is 1. The molecular weight excluding hydrogens is 356 g/mol. The summed E-state index contributed by atoms with van der Waals surface area (Å²) in [7, 11) is -2.46. The Kier molecular flexibility index (Phi) is 5.97. The third kappa shape index (κ3) is 4.32. The Morgan fingerprint density at radius 3 is 2.67 bits per heavy atom. The first kappa shape index (κ1) is 18.8. The van der Waals surface area contributed by atoms with Crippen LogP contribution in [0, 0.1) is 0 Å². The van der Waals surface area contributed by atoms with Crippen LogP contribution in [0.4, 0.5) is 0 Å². The molecule has 0 unspecified atom stereocenters. The van der Waals surface area contributed by atoms with E-state index >= 15 is 0 Å². The van der Waals surface area contributed by atoms with Crippen molar-refractivity contribution in [3.05, 3.63) is 17.0 Å². The summed E-state index contributed by atoms with van der Waals surface area (Å²) in [5, 5.41) is 10.3. The minimum absolute atomic E-state index is 0.0476. The number of hydrogen-bond acceptors (Lipinski definition) is 7. The van der Waals surface area contributed by atoms with E-state index in [1.54, 1.807) is 0 Å². The largest absolute Gasteiger partial charge is 0.480 e. The molecule has 1 saturated carbocycles. The second kappa shape index (κ2) is 7.60. The van der Waals surface area contributed by atoms with Crippen molar-refractivity contribution in [1.29, 1.82) is 0 Å². The summed E-state index contributed by atoms with van der Waals surface area (Å²) in [5.74, 6) is -1.47. The molecule has 0 saturated heterocycles. The van der Waals surface area contributed by atoms with Crippen LogP contribution in [-0.2, 0) is 19.6 Å². The Morgan fingerprint density at radius 1 is 1.46 bits per heavy atom. The van der Waals surface area contributed by atoms with Crippen LogP contribution in [0.2, 0.25) is 0 Å². The van der Waals surface area contributed by atoms with Crippen LogP contribution in [0.5, 0.6) is 0 Å². The molecule has 10 heteroatoms. The summed E-state index contributed by atoms with van der Waals surface area (Å²) in [6, 6.07) is 1.12. The molecule has 1 fully saturated rings. The van der Waals surface area contributed by atoms with Crippen LogP contribution >= 0.6 is 11.3 Å². The number of carbonyl (C=O) groups is 2. The van der Waals surface area contributed by atoms with Crippen LogP contribution in [0.15, 0.2) is 15.7 Å². The number of methoxy groups -OCH3 is 1. The van der Waals surface area contributed by atoms with E-state index < -0.39 is 22.0 Å². The number of sulfonamides is 1. The third-order valence-electron chi connectivity index (χ3n) is 3.96. The predicted molar refractivity (Wildman–Crippen MR) is 87.7 cm³/mol. The quantitative estimate of drug-likeness (QED) is 0.644. The van der Waals surface area contributed by atoms with Crippen molar-refractivity contribution in [2.24, 2.45) is 0 Å². The summed E-state index contributed by atoms with van der Waals surface area (Å²) >= 11 is 0.957. The van der Waals surface area contributed by atoms with Gasteiger partial charge in [0.15, 0.2) is 0 Å². The summed E-state index contributed by atoms with van der Waals surface area (Å²) < 4.78 is 31.9. The maximum absolute atomic E-state index is 12.3.